The lowest BCUT2D eigenvalue weighted by atomic mass is 9.93. The fourth-order valence-corrected chi connectivity index (χ4v) is 3.02. The minimum absolute atomic E-state index is 0. The Morgan fingerprint density at radius 3 is 1.33 bits per heavy atom. The molecule has 0 heteroatoms. The van der Waals surface area contributed by atoms with Crippen LogP contribution >= 0.6 is 0 Å². The summed E-state index contributed by atoms with van der Waals surface area (Å²) in [5, 5.41) is 8.08. The van der Waals surface area contributed by atoms with Crippen LogP contribution in [-0.2, 0) is 0 Å². The van der Waals surface area contributed by atoms with Crippen molar-refractivity contribution < 1.29 is 0 Å². The van der Waals surface area contributed by atoms with Crippen molar-refractivity contribution in [3.05, 3.63) is 72.3 Å². The summed E-state index contributed by atoms with van der Waals surface area (Å²) in [5.74, 6) is 0. The van der Waals surface area contributed by atoms with Gasteiger partial charge in [0.05, 0.1) is 0 Å². The highest BCUT2D eigenvalue weighted by molar-refractivity contribution is 6.25. The zero-order valence-electron chi connectivity index (χ0n) is 10.9. The molecular weight excluding hydrogens is 252 g/mol. The Morgan fingerprint density at radius 1 is 0.476 bits per heavy atom. The van der Waals surface area contributed by atoms with E-state index in [1.54, 1.807) is 0 Å². The molecule has 0 bridgehead atoms. The van der Waals surface area contributed by atoms with Crippen LogP contribution < -0.4 is 0 Å². The first-order valence-electron chi connectivity index (χ1n) is 6.64. The number of hydrogen-bond acceptors (Lipinski definition) is 0. The van der Waals surface area contributed by atoms with Gasteiger partial charge < -0.3 is 0 Å². The topological polar surface area (TPSA) is 0 Å². The second-order valence-corrected chi connectivity index (χ2v) is 5.14. The highest BCUT2D eigenvalue weighted by Gasteiger charge is 2.07. The molecule has 0 unspecified atom stereocenters. The molecule has 4 aromatic carbocycles. The number of rotatable bonds is 0. The first-order chi connectivity index (χ1) is 9.34. The number of benzene rings is 4. The highest BCUT2D eigenvalue weighted by Crippen LogP contribution is 2.34. The third-order valence-corrected chi connectivity index (χ3v) is 3.90. The molecule has 4 aromatic rings. The molecule has 0 fully saturated rings. The lowest BCUT2D eigenvalue weighted by Gasteiger charge is -2.10. The van der Waals surface area contributed by atoms with Crippen molar-refractivity contribution in [2.24, 2.45) is 0 Å². The van der Waals surface area contributed by atoms with Crippen LogP contribution in [0.5, 0.6) is 0 Å². The number of aryl methyl sites for hydroxylation is 1. The van der Waals surface area contributed by atoms with Gasteiger partial charge in [-0.25, -0.2) is 0 Å². The largest absolute Gasteiger partial charge is 0.0776 e. The maximum Gasteiger partial charge on any atom is -0.00963 e. The molecule has 21 heavy (non-hydrogen) atoms. The third-order valence-electron chi connectivity index (χ3n) is 3.90. The van der Waals surface area contributed by atoms with Crippen molar-refractivity contribution in [2.75, 3.05) is 0 Å². The normalized spacial score (nSPS) is 10.3. The van der Waals surface area contributed by atoms with Gasteiger partial charge in [0.15, 0.2) is 0 Å². The van der Waals surface area contributed by atoms with Gasteiger partial charge in [0.25, 0.3) is 0 Å². The van der Waals surface area contributed by atoms with E-state index < -0.39 is 0 Å². The van der Waals surface area contributed by atoms with Crippen molar-refractivity contribution in [2.45, 2.75) is 21.8 Å². The number of fused-ring (bicyclic) bond motifs is 6. The Morgan fingerprint density at radius 2 is 0.857 bits per heavy atom. The molecule has 0 aliphatic rings. The van der Waals surface area contributed by atoms with Gasteiger partial charge in [0, 0.05) is 0 Å². The Balaban J connectivity index is 0.000000807. The maximum absolute atomic E-state index is 2.30. The molecule has 0 heterocycles. The van der Waals surface area contributed by atoms with E-state index in [0.717, 1.165) is 0 Å². The Hall–Kier alpha value is -2.34. The summed E-state index contributed by atoms with van der Waals surface area (Å²) in [7, 11) is 0. The molecule has 0 aromatic heterocycles. The Labute approximate surface area is 127 Å². The molecule has 0 aliphatic carbocycles. The molecule has 0 saturated heterocycles. The minimum Gasteiger partial charge on any atom is -0.0776 e. The molecule has 0 nitrogen and oxygen atoms in total. The van der Waals surface area contributed by atoms with Gasteiger partial charge in [-0.2, -0.15) is 0 Å². The van der Waals surface area contributed by atoms with Gasteiger partial charge in [-0.15, -0.1) is 0 Å². The monoisotopic (exact) mass is 274 g/mol. The average molecular weight is 274 g/mol. The molecule has 0 saturated carbocycles. The highest BCUT2D eigenvalue weighted by atomic mass is 14.1. The molecule has 106 valence electrons. The van der Waals surface area contributed by atoms with E-state index in [4.69, 9.17) is 0 Å². The quantitative estimate of drug-likeness (QED) is 0.312. The van der Waals surface area contributed by atoms with Crippen LogP contribution in [0.4, 0.5) is 0 Å². The van der Waals surface area contributed by atoms with E-state index in [-0.39, 0.29) is 14.9 Å². The van der Waals surface area contributed by atoms with E-state index >= 15 is 0 Å². The first kappa shape index (κ1) is 15.1. The maximum atomic E-state index is 2.30. The fourth-order valence-electron chi connectivity index (χ4n) is 3.02. The summed E-state index contributed by atoms with van der Waals surface area (Å²) in [4.78, 5) is 0. The van der Waals surface area contributed by atoms with Crippen molar-refractivity contribution in [1.82, 2.24) is 0 Å². The standard InChI is InChI=1S/C19H14.2CH4/c1-13-10-11-18-16-8-3-2-6-14(16)15-7-4-5-9-17(15)19(18)12-13;;/h2-12H,1H3;2*1H4. The lowest BCUT2D eigenvalue weighted by molar-refractivity contribution is 1.51. The summed E-state index contributed by atoms with van der Waals surface area (Å²) in [6.45, 7) is 2.16. The van der Waals surface area contributed by atoms with Crippen LogP contribution in [0.2, 0.25) is 0 Å². The molecule has 0 aliphatic heterocycles. The zero-order valence-corrected chi connectivity index (χ0v) is 10.9. The van der Waals surface area contributed by atoms with Crippen LogP contribution in [0.25, 0.3) is 32.3 Å². The van der Waals surface area contributed by atoms with Crippen LogP contribution in [0, 0.1) is 6.92 Å². The van der Waals surface area contributed by atoms with Gasteiger partial charge in [-0.05, 0) is 39.2 Å². The van der Waals surface area contributed by atoms with E-state index in [0.29, 0.717) is 0 Å². The molecule has 0 spiro atoms. The van der Waals surface area contributed by atoms with Crippen molar-refractivity contribution >= 4 is 32.3 Å². The second-order valence-electron chi connectivity index (χ2n) is 5.14. The molecular formula is C21H22. The summed E-state index contributed by atoms with van der Waals surface area (Å²) in [6, 6.07) is 24.1. The van der Waals surface area contributed by atoms with E-state index in [1.807, 2.05) is 0 Å². The van der Waals surface area contributed by atoms with Crippen LogP contribution in [0.15, 0.2) is 66.7 Å². The summed E-state index contributed by atoms with van der Waals surface area (Å²) in [6.07, 6.45) is 0. The van der Waals surface area contributed by atoms with Gasteiger partial charge in [-0.1, -0.05) is 87.1 Å². The van der Waals surface area contributed by atoms with Gasteiger partial charge in [0.1, 0.15) is 0 Å². The molecule has 0 N–H and O–H groups in total. The van der Waals surface area contributed by atoms with Crippen molar-refractivity contribution in [3.63, 3.8) is 0 Å². The predicted octanol–water partition coefficient (Wildman–Crippen LogP) is 6.73. The van der Waals surface area contributed by atoms with Gasteiger partial charge in [0.2, 0.25) is 0 Å². The SMILES string of the molecule is C.C.Cc1ccc2c3ccccc3c3ccccc3c2c1. The minimum atomic E-state index is 0. The van der Waals surface area contributed by atoms with Crippen LogP contribution in [-0.4, -0.2) is 0 Å². The third kappa shape index (κ3) is 2.17. The average Bonchev–Trinajstić information content (AvgIpc) is 2.47. The van der Waals surface area contributed by atoms with Crippen molar-refractivity contribution in [3.8, 4) is 0 Å². The van der Waals surface area contributed by atoms with Gasteiger partial charge in [-0.3, -0.25) is 0 Å². The lowest BCUT2D eigenvalue weighted by Crippen LogP contribution is -1.83. The van der Waals surface area contributed by atoms with E-state index in [1.165, 1.54) is 37.9 Å². The van der Waals surface area contributed by atoms with Gasteiger partial charge >= 0.3 is 0 Å². The summed E-state index contributed by atoms with van der Waals surface area (Å²) < 4.78 is 0. The first-order valence-corrected chi connectivity index (χ1v) is 6.64. The van der Waals surface area contributed by atoms with Crippen molar-refractivity contribution in [1.29, 1.82) is 0 Å². The van der Waals surface area contributed by atoms with E-state index in [2.05, 4.69) is 73.7 Å². The van der Waals surface area contributed by atoms with Crippen LogP contribution in [0.1, 0.15) is 20.4 Å². The zero-order chi connectivity index (χ0) is 12.8. The summed E-state index contributed by atoms with van der Waals surface area (Å²) in [5.41, 5.74) is 1.31. The second kappa shape index (κ2) is 5.57. The molecule has 0 atom stereocenters. The van der Waals surface area contributed by atoms with E-state index in [9.17, 15) is 0 Å². The number of hydrogen-bond donors (Lipinski definition) is 0. The Bertz CT molecular complexity index is 881. The fraction of sp³-hybridized carbons (Fsp3) is 0.143. The smallest absolute Gasteiger partial charge is 0.00963 e. The Kier molecular flexibility index (Phi) is 3.99. The molecule has 0 amide bonds. The summed E-state index contributed by atoms with van der Waals surface area (Å²) >= 11 is 0. The molecule has 4 rings (SSSR count). The van der Waals surface area contributed by atoms with Crippen LogP contribution in [0.3, 0.4) is 0 Å². The predicted molar refractivity (Wildman–Crippen MR) is 97.2 cm³/mol. The molecule has 0 radical (unpaired) electrons.